The summed E-state index contributed by atoms with van der Waals surface area (Å²) in [4.78, 5) is 24.9. The van der Waals surface area contributed by atoms with Crippen molar-refractivity contribution in [2.45, 2.75) is 0 Å². The molecule has 0 heterocycles. The highest BCUT2D eigenvalue weighted by molar-refractivity contribution is 6.42. The van der Waals surface area contributed by atoms with Gasteiger partial charge in [-0.25, -0.2) is 10.2 Å². The van der Waals surface area contributed by atoms with E-state index < -0.39 is 11.9 Å². The second-order valence-corrected chi connectivity index (χ2v) is 8.39. The SMILES string of the molecule is O=C(COc1cccc(Cl)c1Cl)N/N=C\c1c(OC(=O)c2ccccc2Cl)ccc2ccccc12. The summed E-state index contributed by atoms with van der Waals surface area (Å²) in [7, 11) is 0. The van der Waals surface area contributed by atoms with Crippen molar-refractivity contribution >= 4 is 63.7 Å². The molecule has 0 saturated heterocycles. The molecular weight excluding hydrogens is 511 g/mol. The molecule has 0 bridgehead atoms. The average molecular weight is 528 g/mol. The van der Waals surface area contributed by atoms with E-state index in [-0.39, 0.29) is 33.7 Å². The van der Waals surface area contributed by atoms with Crippen molar-refractivity contribution in [3.8, 4) is 11.5 Å². The largest absolute Gasteiger partial charge is 0.482 e. The molecule has 0 spiro atoms. The van der Waals surface area contributed by atoms with Gasteiger partial charge in [0.2, 0.25) is 0 Å². The van der Waals surface area contributed by atoms with Gasteiger partial charge < -0.3 is 9.47 Å². The molecular formula is C26H17Cl3N2O4. The smallest absolute Gasteiger partial charge is 0.345 e. The van der Waals surface area contributed by atoms with Crippen LogP contribution < -0.4 is 14.9 Å². The van der Waals surface area contributed by atoms with E-state index in [1.807, 2.05) is 30.3 Å². The first-order valence-electron chi connectivity index (χ1n) is 10.3. The summed E-state index contributed by atoms with van der Waals surface area (Å²) in [6, 6.07) is 22.4. The Morgan fingerprint density at radius 3 is 2.40 bits per heavy atom. The maximum atomic E-state index is 12.7. The van der Waals surface area contributed by atoms with Crippen molar-refractivity contribution in [3.63, 3.8) is 0 Å². The average Bonchev–Trinajstić information content (AvgIpc) is 2.86. The Labute approximate surface area is 216 Å². The van der Waals surface area contributed by atoms with Crippen molar-refractivity contribution in [2.75, 3.05) is 6.61 Å². The van der Waals surface area contributed by atoms with E-state index in [9.17, 15) is 9.59 Å². The summed E-state index contributed by atoms with van der Waals surface area (Å²) in [6.45, 7) is -0.332. The van der Waals surface area contributed by atoms with E-state index in [0.717, 1.165) is 10.8 Å². The third-order valence-electron chi connectivity index (χ3n) is 4.88. The zero-order chi connectivity index (χ0) is 24.8. The van der Waals surface area contributed by atoms with Gasteiger partial charge >= 0.3 is 5.97 Å². The monoisotopic (exact) mass is 526 g/mol. The van der Waals surface area contributed by atoms with Crippen molar-refractivity contribution in [1.82, 2.24) is 5.43 Å². The molecule has 0 fully saturated rings. The van der Waals surface area contributed by atoms with Gasteiger partial charge in [0, 0.05) is 5.56 Å². The summed E-state index contributed by atoms with van der Waals surface area (Å²) in [5.74, 6) is -0.599. The number of hydrogen-bond donors (Lipinski definition) is 1. The molecule has 0 unspecified atom stereocenters. The van der Waals surface area contributed by atoms with Crippen LogP contribution in [0.15, 0.2) is 84.0 Å². The van der Waals surface area contributed by atoms with Crippen LogP contribution in [0.2, 0.25) is 15.1 Å². The summed E-state index contributed by atoms with van der Waals surface area (Å²) in [5, 5.41) is 6.51. The number of fused-ring (bicyclic) bond motifs is 1. The van der Waals surface area contributed by atoms with Crippen LogP contribution in [0.3, 0.4) is 0 Å². The Balaban J connectivity index is 1.52. The van der Waals surface area contributed by atoms with E-state index in [1.54, 1.807) is 48.5 Å². The number of esters is 1. The lowest BCUT2D eigenvalue weighted by atomic mass is 10.0. The number of carbonyl (C=O) groups excluding carboxylic acids is 2. The third kappa shape index (κ3) is 5.92. The molecule has 0 aromatic heterocycles. The van der Waals surface area contributed by atoms with Gasteiger partial charge in [0.05, 0.1) is 21.8 Å². The molecule has 0 radical (unpaired) electrons. The van der Waals surface area contributed by atoms with Gasteiger partial charge in [-0.1, -0.05) is 83.3 Å². The topological polar surface area (TPSA) is 77.0 Å². The highest BCUT2D eigenvalue weighted by Gasteiger charge is 2.16. The van der Waals surface area contributed by atoms with Gasteiger partial charge in [-0.3, -0.25) is 4.79 Å². The maximum absolute atomic E-state index is 12.7. The number of hydrogen-bond acceptors (Lipinski definition) is 5. The van der Waals surface area contributed by atoms with Gasteiger partial charge in [-0.2, -0.15) is 5.10 Å². The highest BCUT2D eigenvalue weighted by Crippen LogP contribution is 2.31. The molecule has 4 rings (SSSR count). The molecule has 9 heteroatoms. The van der Waals surface area contributed by atoms with Gasteiger partial charge in [0.15, 0.2) is 6.61 Å². The number of nitrogens with zero attached hydrogens (tertiary/aromatic N) is 1. The van der Waals surface area contributed by atoms with Crippen molar-refractivity contribution in [1.29, 1.82) is 0 Å². The number of carbonyl (C=O) groups is 2. The molecule has 4 aromatic rings. The van der Waals surface area contributed by atoms with Gasteiger partial charge in [0.1, 0.15) is 16.5 Å². The van der Waals surface area contributed by atoms with Crippen LogP contribution in [0, 0.1) is 0 Å². The molecule has 0 atom stereocenters. The van der Waals surface area contributed by atoms with E-state index in [2.05, 4.69) is 10.5 Å². The molecule has 0 aliphatic carbocycles. The quantitative estimate of drug-likeness (QED) is 0.128. The summed E-state index contributed by atoms with van der Waals surface area (Å²) in [5.41, 5.74) is 3.12. The van der Waals surface area contributed by atoms with Gasteiger partial charge in [-0.15, -0.1) is 0 Å². The first kappa shape index (κ1) is 24.5. The second kappa shape index (κ2) is 11.2. The van der Waals surface area contributed by atoms with Crippen molar-refractivity contribution < 1.29 is 19.1 Å². The Bertz CT molecular complexity index is 1440. The minimum atomic E-state index is -0.614. The van der Waals surface area contributed by atoms with Gasteiger partial charge in [0.25, 0.3) is 5.91 Å². The molecule has 0 aliphatic rings. The van der Waals surface area contributed by atoms with E-state index in [4.69, 9.17) is 44.3 Å². The summed E-state index contributed by atoms with van der Waals surface area (Å²) >= 11 is 18.1. The molecule has 0 aliphatic heterocycles. The minimum Gasteiger partial charge on any atom is -0.482 e. The molecule has 1 amide bonds. The standard InChI is InChI=1S/C26H17Cl3N2O4/c27-20-9-4-3-8-18(20)26(33)35-22-13-12-16-6-1-2-7-17(16)19(22)14-30-31-24(32)15-34-23-11-5-10-21(28)25(23)29/h1-14H,15H2,(H,31,32)/b30-14-. The Morgan fingerprint density at radius 2 is 1.57 bits per heavy atom. The fourth-order valence-electron chi connectivity index (χ4n) is 3.22. The lowest BCUT2D eigenvalue weighted by Crippen LogP contribution is -2.24. The van der Waals surface area contributed by atoms with Gasteiger partial charge in [-0.05, 0) is 41.1 Å². The highest BCUT2D eigenvalue weighted by atomic mass is 35.5. The van der Waals surface area contributed by atoms with Crippen LogP contribution in [0.1, 0.15) is 15.9 Å². The van der Waals surface area contributed by atoms with Crippen LogP contribution >= 0.6 is 34.8 Å². The second-order valence-electron chi connectivity index (χ2n) is 7.20. The predicted octanol–water partition coefficient (Wildman–Crippen LogP) is 6.55. The fourth-order valence-corrected chi connectivity index (χ4v) is 3.78. The Hall–Kier alpha value is -3.58. The molecule has 176 valence electrons. The third-order valence-corrected chi connectivity index (χ3v) is 6.02. The van der Waals surface area contributed by atoms with E-state index in [1.165, 1.54) is 6.21 Å². The van der Waals surface area contributed by atoms with Crippen LogP contribution in [0.25, 0.3) is 10.8 Å². The number of halogens is 3. The normalized spacial score (nSPS) is 10.9. The number of rotatable bonds is 7. The van der Waals surface area contributed by atoms with Crippen molar-refractivity contribution in [3.05, 3.63) is 105 Å². The predicted molar refractivity (Wildman–Crippen MR) is 138 cm³/mol. The Morgan fingerprint density at radius 1 is 0.829 bits per heavy atom. The maximum Gasteiger partial charge on any atom is 0.345 e. The lowest BCUT2D eigenvalue weighted by molar-refractivity contribution is -0.123. The number of hydrazone groups is 1. The fraction of sp³-hybridized carbons (Fsp3) is 0.0385. The first-order valence-corrected chi connectivity index (χ1v) is 11.4. The Kier molecular flexibility index (Phi) is 7.87. The van der Waals surface area contributed by atoms with E-state index >= 15 is 0 Å². The minimum absolute atomic E-state index is 0.214. The number of benzene rings is 4. The first-order chi connectivity index (χ1) is 16.9. The summed E-state index contributed by atoms with van der Waals surface area (Å²) in [6.07, 6.45) is 1.40. The van der Waals surface area contributed by atoms with Crippen molar-refractivity contribution in [2.24, 2.45) is 5.10 Å². The number of nitrogens with one attached hydrogen (secondary N) is 1. The lowest BCUT2D eigenvalue weighted by Gasteiger charge is -2.11. The van der Waals surface area contributed by atoms with Crippen LogP contribution in [-0.2, 0) is 4.79 Å². The molecule has 1 N–H and O–H groups in total. The zero-order valence-electron chi connectivity index (χ0n) is 18.0. The van der Waals surface area contributed by atoms with Crippen LogP contribution in [-0.4, -0.2) is 24.7 Å². The molecule has 35 heavy (non-hydrogen) atoms. The van der Waals surface area contributed by atoms with E-state index in [0.29, 0.717) is 10.6 Å². The zero-order valence-corrected chi connectivity index (χ0v) is 20.3. The molecule has 4 aromatic carbocycles. The van der Waals surface area contributed by atoms with Crippen LogP contribution in [0.5, 0.6) is 11.5 Å². The molecule has 0 saturated carbocycles. The number of amides is 1. The molecule has 6 nitrogen and oxygen atoms in total. The number of ether oxygens (including phenoxy) is 2. The summed E-state index contributed by atoms with van der Waals surface area (Å²) < 4.78 is 11.0. The van der Waals surface area contributed by atoms with Crippen LogP contribution in [0.4, 0.5) is 0 Å².